The first-order valence-electron chi connectivity index (χ1n) is 7.70. The number of hydrogen-bond acceptors (Lipinski definition) is 3. The van der Waals surface area contributed by atoms with Crippen molar-refractivity contribution in [3.8, 4) is 6.07 Å². The van der Waals surface area contributed by atoms with Gasteiger partial charge in [0.05, 0.1) is 10.4 Å². The van der Waals surface area contributed by atoms with E-state index in [4.69, 9.17) is 11.6 Å². The molecule has 3 rings (SSSR count). The Morgan fingerprint density at radius 3 is 2.76 bits per heavy atom. The summed E-state index contributed by atoms with van der Waals surface area (Å²) in [6.45, 7) is 4.36. The van der Waals surface area contributed by atoms with Gasteiger partial charge in [-0.2, -0.15) is 5.26 Å². The lowest BCUT2D eigenvalue weighted by Crippen LogP contribution is -2.16. The molecule has 126 valence electrons. The highest BCUT2D eigenvalue weighted by atomic mass is 35.5. The smallest absolute Gasteiger partial charge is 0.266 e. The molecule has 1 aromatic carbocycles. The largest absolute Gasteiger partial charge is 0.326 e. The summed E-state index contributed by atoms with van der Waals surface area (Å²) in [7, 11) is 0. The van der Waals surface area contributed by atoms with E-state index in [1.165, 1.54) is 11.3 Å². The number of carbonyl (C=O) groups excluding carboxylic acids is 1. The average Bonchev–Trinajstić information content (AvgIpc) is 3.19. The van der Waals surface area contributed by atoms with E-state index < -0.39 is 0 Å². The highest BCUT2D eigenvalue weighted by molar-refractivity contribution is 7.12. The zero-order valence-corrected chi connectivity index (χ0v) is 15.4. The van der Waals surface area contributed by atoms with Gasteiger partial charge < -0.3 is 9.88 Å². The summed E-state index contributed by atoms with van der Waals surface area (Å²) in [5.74, 6) is 0.312. The topological polar surface area (TPSA) is 57.8 Å². The molecule has 0 bridgehead atoms. The van der Waals surface area contributed by atoms with Gasteiger partial charge in [-0.15, -0.1) is 11.3 Å². The number of nitrogens with zero attached hydrogens (tertiary/aromatic N) is 2. The molecule has 0 aliphatic heterocycles. The van der Waals surface area contributed by atoms with Crippen LogP contribution < -0.4 is 5.32 Å². The van der Waals surface area contributed by atoms with E-state index in [1.807, 2.05) is 54.1 Å². The maximum absolute atomic E-state index is 12.5. The van der Waals surface area contributed by atoms with Crippen LogP contribution in [-0.2, 0) is 6.54 Å². The zero-order chi connectivity index (χ0) is 18.0. The number of halogens is 1. The molecule has 3 aromatic rings. The van der Waals surface area contributed by atoms with Crippen molar-refractivity contribution in [1.82, 2.24) is 4.57 Å². The quantitative estimate of drug-likeness (QED) is 0.704. The third-order valence-corrected chi connectivity index (χ3v) is 5.25. The van der Waals surface area contributed by atoms with Gasteiger partial charge >= 0.3 is 0 Å². The summed E-state index contributed by atoms with van der Waals surface area (Å²) < 4.78 is 1.95. The van der Waals surface area contributed by atoms with Crippen molar-refractivity contribution in [3.63, 3.8) is 0 Å². The Hall–Kier alpha value is -2.55. The molecule has 0 fully saturated rings. The van der Waals surface area contributed by atoms with Crippen molar-refractivity contribution in [2.75, 3.05) is 5.32 Å². The first kappa shape index (κ1) is 17.3. The maximum atomic E-state index is 12.5. The van der Waals surface area contributed by atoms with Crippen LogP contribution in [-0.4, -0.2) is 10.5 Å². The van der Waals surface area contributed by atoms with E-state index in [0.717, 1.165) is 16.8 Å². The van der Waals surface area contributed by atoms with Gasteiger partial charge in [0, 0.05) is 17.3 Å². The summed E-state index contributed by atoms with van der Waals surface area (Å²) >= 11 is 7.44. The predicted molar refractivity (Wildman–Crippen MR) is 101 cm³/mol. The number of anilines is 1. The second kappa shape index (κ2) is 7.14. The minimum Gasteiger partial charge on any atom is -0.326 e. The predicted octanol–water partition coefficient (Wildman–Crippen LogP) is 4.99. The van der Waals surface area contributed by atoms with Gasteiger partial charge in [0.2, 0.25) is 0 Å². The Labute approximate surface area is 155 Å². The molecule has 0 aliphatic rings. The number of thiophene rings is 1. The molecular weight excluding hydrogens is 354 g/mol. The van der Waals surface area contributed by atoms with Gasteiger partial charge in [-0.3, -0.25) is 4.79 Å². The van der Waals surface area contributed by atoms with Crippen molar-refractivity contribution < 1.29 is 4.79 Å². The summed E-state index contributed by atoms with van der Waals surface area (Å²) in [6.07, 6.45) is 0. The molecule has 0 spiro atoms. The second-order valence-electron chi connectivity index (χ2n) is 5.69. The van der Waals surface area contributed by atoms with Crippen LogP contribution in [0.5, 0.6) is 0 Å². The van der Waals surface area contributed by atoms with Gasteiger partial charge in [-0.1, -0.05) is 29.8 Å². The van der Waals surface area contributed by atoms with Gasteiger partial charge in [0.25, 0.3) is 5.91 Å². The van der Waals surface area contributed by atoms with Crippen molar-refractivity contribution in [2.45, 2.75) is 20.4 Å². The number of rotatable bonds is 4. The SMILES string of the molecule is Cc1c(C#N)c(NC(=O)c2cccs2)n(Cc2cccc(Cl)c2)c1C. The fraction of sp³-hybridized carbons (Fsp3) is 0.158. The van der Waals surface area contributed by atoms with Crippen LogP contribution in [0.2, 0.25) is 5.02 Å². The monoisotopic (exact) mass is 369 g/mol. The molecule has 1 amide bonds. The molecule has 0 saturated heterocycles. The minimum absolute atomic E-state index is 0.212. The van der Waals surface area contributed by atoms with Gasteiger partial charge in [0.15, 0.2) is 0 Å². The standard InChI is InChI=1S/C19H16ClN3OS/c1-12-13(2)23(11-14-5-3-6-15(20)9-14)18(16(12)10-21)22-19(24)17-7-4-8-25-17/h3-9H,11H2,1-2H3,(H,22,24). The molecule has 0 radical (unpaired) electrons. The molecular formula is C19H16ClN3OS. The van der Waals surface area contributed by atoms with Crippen LogP contribution in [0.25, 0.3) is 0 Å². The van der Waals surface area contributed by atoms with E-state index in [1.54, 1.807) is 6.07 Å². The molecule has 6 heteroatoms. The zero-order valence-electron chi connectivity index (χ0n) is 13.8. The van der Waals surface area contributed by atoms with E-state index in [9.17, 15) is 10.1 Å². The fourth-order valence-electron chi connectivity index (χ4n) is 2.72. The Morgan fingerprint density at radius 2 is 2.12 bits per heavy atom. The molecule has 25 heavy (non-hydrogen) atoms. The first-order valence-corrected chi connectivity index (χ1v) is 8.96. The maximum Gasteiger partial charge on any atom is 0.266 e. The lowest BCUT2D eigenvalue weighted by Gasteiger charge is -2.13. The third-order valence-electron chi connectivity index (χ3n) is 4.15. The molecule has 0 saturated carbocycles. The van der Waals surface area contributed by atoms with E-state index in [0.29, 0.717) is 27.8 Å². The van der Waals surface area contributed by atoms with Crippen molar-refractivity contribution in [1.29, 1.82) is 5.26 Å². The van der Waals surface area contributed by atoms with E-state index >= 15 is 0 Å². The average molecular weight is 370 g/mol. The number of nitrogens with one attached hydrogen (secondary N) is 1. The Balaban J connectivity index is 2.02. The molecule has 1 N–H and O–H groups in total. The van der Waals surface area contributed by atoms with Crippen LogP contribution in [0.15, 0.2) is 41.8 Å². The van der Waals surface area contributed by atoms with Crippen LogP contribution in [0.3, 0.4) is 0 Å². The summed E-state index contributed by atoms with van der Waals surface area (Å²) in [4.78, 5) is 13.1. The van der Waals surface area contributed by atoms with Crippen LogP contribution in [0, 0.1) is 25.2 Å². The normalized spacial score (nSPS) is 10.5. The molecule has 0 aliphatic carbocycles. The summed E-state index contributed by atoms with van der Waals surface area (Å²) in [5, 5.41) is 15.0. The summed E-state index contributed by atoms with van der Waals surface area (Å²) in [6, 6.07) is 13.4. The van der Waals surface area contributed by atoms with Crippen molar-refractivity contribution in [2.24, 2.45) is 0 Å². The van der Waals surface area contributed by atoms with Gasteiger partial charge in [-0.05, 0) is 48.6 Å². The lowest BCUT2D eigenvalue weighted by molar-refractivity contribution is 0.102. The van der Waals surface area contributed by atoms with Crippen LogP contribution >= 0.6 is 22.9 Å². The van der Waals surface area contributed by atoms with Crippen molar-refractivity contribution >= 4 is 34.7 Å². The van der Waals surface area contributed by atoms with Crippen molar-refractivity contribution in [3.05, 3.63) is 74.1 Å². The Kier molecular flexibility index (Phi) is 4.93. The highest BCUT2D eigenvalue weighted by Gasteiger charge is 2.20. The number of aromatic nitrogens is 1. The van der Waals surface area contributed by atoms with E-state index in [-0.39, 0.29) is 5.91 Å². The Morgan fingerprint density at radius 1 is 1.32 bits per heavy atom. The van der Waals surface area contributed by atoms with Crippen LogP contribution in [0.4, 0.5) is 5.82 Å². The molecule has 4 nitrogen and oxygen atoms in total. The summed E-state index contributed by atoms with van der Waals surface area (Å²) in [5.41, 5.74) is 3.30. The number of hydrogen-bond donors (Lipinski definition) is 1. The minimum atomic E-state index is -0.212. The number of nitriles is 1. The lowest BCUT2D eigenvalue weighted by atomic mass is 10.2. The van der Waals surface area contributed by atoms with Gasteiger partial charge in [0.1, 0.15) is 11.9 Å². The number of benzene rings is 1. The van der Waals surface area contributed by atoms with Crippen LogP contribution in [0.1, 0.15) is 32.1 Å². The highest BCUT2D eigenvalue weighted by Crippen LogP contribution is 2.28. The second-order valence-corrected chi connectivity index (χ2v) is 7.08. The molecule has 0 unspecified atom stereocenters. The third kappa shape index (κ3) is 3.46. The molecule has 2 heterocycles. The molecule has 2 aromatic heterocycles. The van der Waals surface area contributed by atoms with E-state index in [2.05, 4.69) is 11.4 Å². The van der Waals surface area contributed by atoms with Gasteiger partial charge in [-0.25, -0.2) is 0 Å². The number of amides is 1. The Bertz CT molecular complexity index is 967. The fourth-order valence-corrected chi connectivity index (χ4v) is 3.55. The molecule has 0 atom stereocenters. The first-order chi connectivity index (χ1) is 12.0. The number of carbonyl (C=O) groups is 1.